The van der Waals surface area contributed by atoms with Gasteiger partial charge in [0.05, 0.1) is 12.1 Å². The Hall–Kier alpha value is -2.58. The lowest BCUT2D eigenvalue weighted by molar-refractivity contribution is -0.143. The highest BCUT2D eigenvalue weighted by Gasteiger charge is 2.51. The molecule has 9 heteroatoms. The minimum absolute atomic E-state index is 0.0455. The van der Waals surface area contributed by atoms with Crippen LogP contribution in [0.15, 0.2) is 55.1 Å². The van der Waals surface area contributed by atoms with Gasteiger partial charge in [-0.05, 0) is 60.7 Å². The van der Waals surface area contributed by atoms with E-state index in [1.165, 1.54) is 36.6 Å². The van der Waals surface area contributed by atoms with E-state index in [1.54, 1.807) is 24.3 Å². The second-order valence-corrected chi connectivity index (χ2v) is 7.66. The van der Waals surface area contributed by atoms with Gasteiger partial charge < -0.3 is 9.47 Å². The number of hydrogen-bond acceptors (Lipinski definition) is 4. The number of benzene rings is 2. The Balaban J connectivity index is 1.76. The van der Waals surface area contributed by atoms with Gasteiger partial charge in [-0.1, -0.05) is 17.7 Å². The first-order valence-electron chi connectivity index (χ1n) is 9.34. The SMILES string of the molecule is COC(Cn1cncn1)(c1ccc(Oc2ccc(Cl)cc2)cc1C(F)(F)F)C1CC1. The average Bonchev–Trinajstić information content (AvgIpc) is 3.45. The van der Waals surface area contributed by atoms with Gasteiger partial charge in [-0.25, -0.2) is 9.67 Å². The molecule has 30 heavy (non-hydrogen) atoms. The third-order valence-corrected chi connectivity index (χ3v) is 5.52. The molecule has 0 bridgehead atoms. The van der Waals surface area contributed by atoms with Gasteiger partial charge in [-0.15, -0.1) is 0 Å². The third kappa shape index (κ3) is 4.15. The Labute approximate surface area is 176 Å². The second-order valence-electron chi connectivity index (χ2n) is 7.22. The van der Waals surface area contributed by atoms with Crippen molar-refractivity contribution in [3.8, 4) is 11.5 Å². The molecule has 0 aliphatic heterocycles. The lowest BCUT2D eigenvalue weighted by Crippen LogP contribution is -2.38. The Morgan fingerprint density at radius 3 is 2.33 bits per heavy atom. The number of halogens is 4. The van der Waals surface area contributed by atoms with Crippen LogP contribution in [0.1, 0.15) is 24.0 Å². The second kappa shape index (κ2) is 7.92. The zero-order valence-corrected chi connectivity index (χ0v) is 16.8. The zero-order valence-electron chi connectivity index (χ0n) is 16.1. The van der Waals surface area contributed by atoms with E-state index in [-0.39, 0.29) is 23.8 Å². The van der Waals surface area contributed by atoms with E-state index in [9.17, 15) is 13.2 Å². The highest BCUT2D eigenvalue weighted by atomic mass is 35.5. The van der Waals surface area contributed by atoms with E-state index < -0.39 is 17.3 Å². The Morgan fingerprint density at radius 1 is 1.07 bits per heavy atom. The van der Waals surface area contributed by atoms with Crippen molar-refractivity contribution in [3.63, 3.8) is 0 Å². The van der Waals surface area contributed by atoms with Gasteiger partial charge in [0, 0.05) is 12.1 Å². The molecule has 1 aromatic heterocycles. The molecule has 0 radical (unpaired) electrons. The number of methoxy groups -OCH3 is 1. The number of ether oxygens (including phenoxy) is 2. The molecule has 0 saturated heterocycles. The first-order chi connectivity index (χ1) is 14.3. The molecule has 5 nitrogen and oxygen atoms in total. The quantitative estimate of drug-likeness (QED) is 0.476. The van der Waals surface area contributed by atoms with Crippen LogP contribution in [0.5, 0.6) is 11.5 Å². The molecule has 1 atom stereocenters. The maximum Gasteiger partial charge on any atom is 0.416 e. The van der Waals surface area contributed by atoms with E-state index in [1.807, 2.05) is 0 Å². The summed E-state index contributed by atoms with van der Waals surface area (Å²) in [6.07, 6.45) is -0.204. The summed E-state index contributed by atoms with van der Waals surface area (Å²) in [7, 11) is 1.44. The molecule has 1 heterocycles. The molecule has 1 unspecified atom stereocenters. The maximum absolute atomic E-state index is 14.1. The van der Waals surface area contributed by atoms with Crippen molar-refractivity contribution in [1.29, 1.82) is 0 Å². The first kappa shape index (κ1) is 20.7. The van der Waals surface area contributed by atoms with E-state index >= 15 is 0 Å². The first-order valence-corrected chi connectivity index (χ1v) is 9.72. The Morgan fingerprint density at radius 2 is 1.77 bits per heavy atom. The van der Waals surface area contributed by atoms with E-state index in [0.29, 0.717) is 10.8 Å². The fourth-order valence-corrected chi connectivity index (χ4v) is 3.84. The zero-order chi connectivity index (χ0) is 21.4. The van der Waals surface area contributed by atoms with Crippen molar-refractivity contribution in [2.75, 3.05) is 7.11 Å². The molecule has 1 aliphatic carbocycles. The Kier molecular flexibility index (Phi) is 5.46. The number of hydrogen-bond donors (Lipinski definition) is 0. The van der Waals surface area contributed by atoms with Crippen LogP contribution in [0.25, 0.3) is 0 Å². The van der Waals surface area contributed by atoms with E-state index in [4.69, 9.17) is 21.1 Å². The molecular formula is C21H19ClF3N3O2. The Bertz CT molecular complexity index is 1010. The lowest BCUT2D eigenvalue weighted by Gasteiger charge is -2.35. The van der Waals surface area contributed by atoms with Crippen LogP contribution in [0.2, 0.25) is 5.02 Å². The molecule has 1 fully saturated rings. The maximum atomic E-state index is 14.1. The van der Waals surface area contributed by atoms with Gasteiger partial charge in [0.25, 0.3) is 0 Å². The van der Waals surface area contributed by atoms with Gasteiger partial charge in [0.2, 0.25) is 0 Å². The topological polar surface area (TPSA) is 49.2 Å². The standard InChI is InChI=1S/C21H19ClF3N3O2/c1-29-20(14-2-3-14,11-28-13-26-12-27-28)18-9-8-17(10-19(18)21(23,24)25)30-16-6-4-15(22)5-7-16/h4-10,12-14H,2-3,11H2,1H3. The van der Waals surface area contributed by atoms with Crippen LogP contribution in [-0.4, -0.2) is 21.9 Å². The van der Waals surface area contributed by atoms with Gasteiger partial charge in [0.15, 0.2) is 0 Å². The molecule has 0 N–H and O–H groups in total. The van der Waals surface area contributed by atoms with Crippen LogP contribution in [0.3, 0.4) is 0 Å². The van der Waals surface area contributed by atoms with Gasteiger partial charge >= 0.3 is 6.18 Å². The molecule has 158 valence electrons. The lowest BCUT2D eigenvalue weighted by atomic mass is 9.84. The van der Waals surface area contributed by atoms with Crippen LogP contribution >= 0.6 is 11.6 Å². The summed E-state index contributed by atoms with van der Waals surface area (Å²) in [5.74, 6) is 0.425. The van der Waals surface area contributed by atoms with Crippen LogP contribution in [0.4, 0.5) is 13.2 Å². The van der Waals surface area contributed by atoms with Crippen LogP contribution < -0.4 is 4.74 Å². The predicted octanol–water partition coefficient (Wildman–Crippen LogP) is 5.69. The molecule has 2 aromatic carbocycles. The third-order valence-electron chi connectivity index (χ3n) is 5.27. The molecule has 1 aliphatic rings. The molecular weight excluding hydrogens is 419 g/mol. The fourth-order valence-electron chi connectivity index (χ4n) is 3.71. The minimum Gasteiger partial charge on any atom is -0.457 e. The monoisotopic (exact) mass is 437 g/mol. The number of alkyl halides is 3. The fraction of sp³-hybridized carbons (Fsp3) is 0.333. The van der Waals surface area contributed by atoms with Gasteiger partial charge in [-0.3, -0.25) is 0 Å². The normalized spacial score (nSPS) is 16.3. The minimum atomic E-state index is -4.59. The molecule has 1 saturated carbocycles. The smallest absolute Gasteiger partial charge is 0.416 e. The van der Waals surface area contributed by atoms with Gasteiger partial charge in [0.1, 0.15) is 29.8 Å². The van der Waals surface area contributed by atoms with Crippen molar-refractivity contribution < 1.29 is 22.6 Å². The van der Waals surface area contributed by atoms with Crippen molar-refractivity contribution in [3.05, 3.63) is 71.3 Å². The predicted molar refractivity (Wildman–Crippen MR) is 104 cm³/mol. The highest BCUT2D eigenvalue weighted by molar-refractivity contribution is 6.30. The number of rotatable bonds is 7. The summed E-state index contributed by atoms with van der Waals surface area (Å²) in [6.45, 7) is 0.134. The highest BCUT2D eigenvalue weighted by Crippen LogP contribution is 2.52. The summed E-state index contributed by atoms with van der Waals surface area (Å²) in [5, 5.41) is 4.58. The van der Waals surface area contributed by atoms with E-state index in [2.05, 4.69) is 10.1 Å². The number of aromatic nitrogens is 3. The summed E-state index contributed by atoms with van der Waals surface area (Å²) in [6, 6.07) is 10.4. The van der Waals surface area contributed by atoms with Crippen molar-refractivity contribution in [2.45, 2.75) is 31.2 Å². The van der Waals surface area contributed by atoms with Crippen molar-refractivity contribution >= 4 is 11.6 Å². The summed E-state index contributed by atoms with van der Waals surface area (Å²) in [5.41, 5.74) is -1.89. The van der Waals surface area contributed by atoms with Crippen molar-refractivity contribution in [1.82, 2.24) is 14.8 Å². The molecule has 3 aromatic rings. The summed E-state index contributed by atoms with van der Waals surface area (Å²) >= 11 is 5.85. The molecule has 0 spiro atoms. The average molecular weight is 438 g/mol. The molecule has 0 amide bonds. The molecule has 4 rings (SSSR count). The van der Waals surface area contributed by atoms with E-state index in [0.717, 1.165) is 18.9 Å². The van der Waals surface area contributed by atoms with Crippen molar-refractivity contribution in [2.24, 2.45) is 5.92 Å². The number of nitrogens with zero attached hydrogens (tertiary/aromatic N) is 3. The largest absolute Gasteiger partial charge is 0.457 e. The van der Waals surface area contributed by atoms with Crippen LogP contribution in [0, 0.1) is 5.92 Å². The van der Waals surface area contributed by atoms with Gasteiger partial charge in [-0.2, -0.15) is 18.3 Å². The summed E-state index contributed by atoms with van der Waals surface area (Å²) in [4.78, 5) is 3.90. The van der Waals surface area contributed by atoms with Crippen LogP contribution in [-0.2, 0) is 23.1 Å². The summed E-state index contributed by atoms with van der Waals surface area (Å²) < 4.78 is 55.2.